The third-order valence-corrected chi connectivity index (χ3v) is 9.79. The zero-order valence-electron chi connectivity index (χ0n) is 21.8. The van der Waals surface area contributed by atoms with Gasteiger partial charge in [0.05, 0.1) is 33.7 Å². The molecule has 3 aliphatic rings. The summed E-state index contributed by atoms with van der Waals surface area (Å²) in [6.45, 7) is 2.35. The zero-order valence-corrected chi connectivity index (χ0v) is 24.1. The van der Waals surface area contributed by atoms with E-state index in [1.807, 2.05) is 25.3 Å². The van der Waals surface area contributed by atoms with E-state index in [1.54, 1.807) is 18.2 Å². The Bertz CT molecular complexity index is 1750. The number of amides is 1. The Kier molecular flexibility index (Phi) is 6.86. The van der Waals surface area contributed by atoms with Crippen LogP contribution in [0.5, 0.6) is 0 Å². The number of rotatable bonds is 6. The lowest BCUT2D eigenvalue weighted by Crippen LogP contribution is -2.42. The number of aryl methyl sites for hydroxylation is 1. The average Bonchev–Trinajstić information content (AvgIpc) is 3.62. The molecule has 40 heavy (non-hydrogen) atoms. The van der Waals surface area contributed by atoms with Crippen molar-refractivity contribution in [1.82, 2.24) is 14.5 Å². The lowest BCUT2D eigenvalue weighted by molar-refractivity contribution is 0.124. The molecule has 1 amide bonds. The number of fused-ring (bicyclic) bond motifs is 4. The second kappa shape index (κ2) is 10.1. The Morgan fingerprint density at radius 2 is 2.12 bits per heavy atom. The summed E-state index contributed by atoms with van der Waals surface area (Å²) in [5.74, 6) is -0.395. The fourth-order valence-corrected chi connectivity index (χ4v) is 7.48. The van der Waals surface area contributed by atoms with E-state index in [4.69, 9.17) is 33.9 Å². The van der Waals surface area contributed by atoms with Gasteiger partial charge in [0.1, 0.15) is 10.5 Å². The van der Waals surface area contributed by atoms with Crippen molar-refractivity contribution < 1.29 is 14.3 Å². The summed E-state index contributed by atoms with van der Waals surface area (Å²) in [5.41, 5.74) is 9.64. The summed E-state index contributed by atoms with van der Waals surface area (Å²) < 4.78 is 18.9. The number of hydrogen-bond acceptors (Lipinski definition) is 5. The van der Waals surface area contributed by atoms with Crippen molar-refractivity contribution in [2.24, 2.45) is 11.7 Å². The second-order valence-electron chi connectivity index (χ2n) is 10.5. The molecule has 11 heteroatoms. The number of nitriles is 1. The van der Waals surface area contributed by atoms with Crippen LogP contribution in [0.2, 0.25) is 10.0 Å². The Morgan fingerprint density at radius 3 is 2.77 bits per heavy atom. The van der Waals surface area contributed by atoms with Crippen LogP contribution in [0.4, 0.5) is 9.18 Å². The quantitative estimate of drug-likeness (QED) is 0.224. The van der Waals surface area contributed by atoms with Crippen LogP contribution < -0.4 is 5.73 Å². The number of pyridine rings is 1. The van der Waals surface area contributed by atoms with Crippen LogP contribution in [-0.4, -0.2) is 44.5 Å². The maximum absolute atomic E-state index is 16.7. The molecule has 7 nitrogen and oxygen atoms in total. The fraction of sp³-hybridized carbons (Fsp3) is 0.345. The first kappa shape index (κ1) is 27.2. The van der Waals surface area contributed by atoms with Gasteiger partial charge in [-0.05, 0) is 49.8 Å². The van der Waals surface area contributed by atoms with Crippen LogP contribution in [0.3, 0.4) is 0 Å². The van der Waals surface area contributed by atoms with E-state index in [2.05, 4.69) is 10.6 Å². The number of thioether (sulfide) groups is 1. The molecule has 0 spiro atoms. The molecule has 3 N–H and O–H groups in total. The smallest absolute Gasteiger partial charge is 0.407 e. The monoisotopic (exact) mass is 597 g/mol. The van der Waals surface area contributed by atoms with Gasteiger partial charge >= 0.3 is 6.09 Å². The third-order valence-electron chi connectivity index (χ3n) is 8.27. The SMILES string of the molecule is CSc1nc2c(F)c(-c3cccc(Cl)c3Cl)c(CCC#N)cc2c2c1cc(C(C)N)n2[C@H]1[C@@H]2C[C@H]1N(C(=O)O)C2. The number of hydrogen-bond donors (Lipinski definition) is 2. The first-order chi connectivity index (χ1) is 19.2. The van der Waals surface area contributed by atoms with Gasteiger partial charge in [-0.25, -0.2) is 14.2 Å². The third kappa shape index (κ3) is 3.96. The van der Waals surface area contributed by atoms with Gasteiger partial charge < -0.3 is 20.3 Å². The molecule has 1 saturated carbocycles. The summed E-state index contributed by atoms with van der Waals surface area (Å²) >= 11 is 14.3. The molecule has 1 aliphatic carbocycles. The highest BCUT2D eigenvalue weighted by Crippen LogP contribution is 2.53. The van der Waals surface area contributed by atoms with E-state index in [0.29, 0.717) is 39.5 Å². The molecule has 1 unspecified atom stereocenters. The zero-order chi connectivity index (χ0) is 28.5. The second-order valence-corrected chi connectivity index (χ2v) is 12.1. The van der Waals surface area contributed by atoms with Crippen LogP contribution in [0, 0.1) is 23.1 Å². The maximum atomic E-state index is 16.7. The largest absolute Gasteiger partial charge is 0.465 e. The molecule has 4 aromatic rings. The molecule has 2 bridgehead atoms. The number of carboxylic acid groups (broad SMARTS) is 1. The van der Waals surface area contributed by atoms with Crippen LogP contribution in [0.15, 0.2) is 35.4 Å². The van der Waals surface area contributed by atoms with Gasteiger partial charge in [0.2, 0.25) is 0 Å². The molecule has 2 aliphatic heterocycles. The minimum Gasteiger partial charge on any atom is -0.465 e. The predicted molar refractivity (Wildman–Crippen MR) is 157 cm³/mol. The topological polar surface area (TPSA) is 108 Å². The molecular weight excluding hydrogens is 572 g/mol. The Hall–Kier alpha value is -3.03. The molecule has 0 radical (unpaired) electrons. The number of carbonyl (C=O) groups is 1. The van der Waals surface area contributed by atoms with E-state index in [-0.39, 0.29) is 46.6 Å². The highest BCUT2D eigenvalue weighted by molar-refractivity contribution is 7.98. The Balaban J connectivity index is 1.71. The number of nitrogens with zero attached hydrogens (tertiary/aromatic N) is 4. The van der Waals surface area contributed by atoms with Crippen LogP contribution in [-0.2, 0) is 6.42 Å². The van der Waals surface area contributed by atoms with Gasteiger partial charge in [-0.2, -0.15) is 5.26 Å². The van der Waals surface area contributed by atoms with E-state index in [0.717, 1.165) is 23.0 Å². The standard InChI is InChI=1S/C29H26Cl2FN5O2S/c1-13(34)20-11-18-27(37(20)26-15-10-21(26)36(12-15)29(38)39)17-9-14(5-4-8-33)22(16-6-3-7-19(30)23(16)31)24(32)25(17)35-28(18)40-2/h3,6-7,9,11,13,15,21,26H,4-5,10,12,34H2,1-2H3,(H,38,39)/t13?,15-,21-,26+/m1/s1. The van der Waals surface area contributed by atoms with Crippen molar-refractivity contribution in [2.45, 2.75) is 49.3 Å². The summed E-state index contributed by atoms with van der Waals surface area (Å²) in [6.07, 6.45) is 2.23. The highest BCUT2D eigenvalue weighted by Gasteiger charge is 2.55. The van der Waals surface area contributed by atoms with Crippen molar-refractivity contribution in [3.63, 3.8) is 0 Å². The van der Waals surface area contributed by atoms with Crippen LogP contribution in [0.1, 0.15) is 43.1 Å². The molecule has 206 valence electrons. The Morgan fingerprint density at radius 1 is 1.35 bits per heavy atom. The van der Waals surface area contributed by atoms with Gasteiger partial charge in [-0.1, -0.05) is 35.3 Å². The van der Waals surface area contributed by atoms with E-state index < -0.39 is 11.9 Å². The number of halogens is 3. The molecule has 4 atom stereocenters. The van der Waals surface area contributed by atoms with E-state index >= 15 is 4.39 Å². The molecule has 7 rings (SSSR count). The van der Waals surface area contributed by atoms with Crippen molar-refractivity contribution in [2.75, 3.05) is 12.8 Å². The van der Waals surface area contributed by atoms with Crippen molar-refractivity contribution >= 4 is 62.9 Å². The molecule has 3 fully saturated rings. The minimum atomic E-state index is -0.932. The molecule has 2 aromatic carbocycles. The van der Waals surface area contributed by atoms with Crippen LogP contribution >= 0.6 is 35.0 Å². The van der Waals surface area contributed by atoms with Crippen molar-refractivity contribution in [3.8, 4) is 17.2 Å². The average molecular weight is 599 g/mol. The maximum Gasteiger partial charge on any atom is 0.407 e. The number of nitrogens with two attached hydrogens (primary N) is 1. The Labute approximate surface area is 244 Å². The highest BCUT2D eigenvalue weighted by atomic mass is 35.5. The summed E-state index contributed by atoms with van der Waals surface area (Å²) in [6, 6.07) is 10.5. The molecular formula is C29H26Cl2FN5O2S. The van der Waals surface area contributed by atoms with Crippen LogP contribution in [0.25, 0.3) is 32.9 Å². The molecule has 4 heterocycles. The van der Waals surface area contributed by atoms with E-state index in [1.165, 1.54) is 16.7 Å². The van der Waals surface area contributed by atoms with Gasteiger partial charge in [-0.15, -0.1) is 11.8 Å². The number of aromatic nitrogens is 2. The van der Waals surface area contributed by atoms with Crippen molar-refractivity contribution in [1.29, 1.82) is 5.26 Å². The number of benzene rings is 2. The minimum absolute atomic E-state index is 0.109. The van der Waals surface area contributed by atoms with Gasteiger partial charge in [-0.3, -0.25) is 0 Å². The first-order valence-electron chi connectivity index (χ1n) is 13.0. The van der Waals surface area contributed by atoms with Gasteiger partial charge in [0.15, 0.2) is 5.82 Å². The first-order valence-corrected chi connectivity index (χ1v) is 15.0. The molecule has 2 saturated heterocycles. The lowest BCUT2D eigenvalue weighted by Gasteiger charge is -2.39. The van der Waals surface area contributed by atoms with Gasteiger partial charge in [0, 0.05) is 52.5 Å². The van der Waals surface area contributed by atoms with E-state index in [9.17, 15) is 15.2 Å². The summed E-state index contributed by atoms with van der Waals surface area (Å²) in [4.78, 5) is 18.2. The fourth-order valence-electron chi connectivity index (χ4n) is 6.52. The summed E-state index contributed by atoms with van der Waals surface area (Å²) in [7, 11) is 0. The molecule has 2 aromatic heterocycles. The normalized spacial score (nSPS) is 20.6. The predicted octanol–water partition coefficient (Wildman–Crippen LogP) is 7.42. The van der Waals surface area contributed by atoms with Gasteiger partial charge in [0.25, 0.3) is 0 Å². The summed E-state index contributed by atoms with van der Waals surface area (Å²) in [5, 5.41) is 21.8. The van der Waals surface area contributed by atoms with Crippen molar-refractivity contribution in [3.05, 3.63) is 57.5 Å². The lowest BCUT2D eigenvalue weighted by atomic mass is 9.79.